The first kappa shape index (κ1) is 11.6. The maximum Gasteiger partial charge on any atom is 0.0694 e. The third kappa shape index (κ3) is 2.44. The largest absolute Gasteiger partial charge is 0.392 e. The third-order valence-corrected chi connectivity index (χ3v) is 3.13. The van der Waals surface area contributed by atoms with Gasteiger partial charge >= 0.3 is 0 Å². The van der Waals surface area contributed by atoms with Crippen LogP contribution in [-0.4, -0.2) is 39.0 Å². The Hall–Kier alpha value is -0.870. The second kappa shape index (κ2) is 4.55. The van der Waals surface area contributed by atoms with Gasteiger partial charge in [-0.2, -0.15) is 5.10 Å². The molecule has 90 valence electrons. The minimum atomic E-state index is -0.140. The lowest BCUT2D eigenvalue weighted by Gasteiger charge is -2.15. The van der Waals surface area contributed by atoms with Crippen molar-refractivity contribution >= 4 is 0 Å². The second-order valence-electron chi connectivity index (χ2n) is 5.05. The highest BCUT2D eigenvalue weighted by atomic mass is 16.3. The van der Waals surface area contributed by atoms with E-state index < -0.39 is 0 Å². The fraction of sp³-hybridized carbons (Fsp3) is 0.750. The van der Waals surface area contributed by atoms with E-state index in [2.05, 4.69) is 30.0 Å². The van der Waals surface area contributed by atoms with Crippen LogP contribution in [0.4, 0.5) is 0 Å². The van der Waals surface area contributed by atoms with E-state index in [0.717, 1.165) is 26.1 Å². The Labute approximate surface area is 96.9 Å². The summed E-state index contributed by atoms with van der Waals surface area (Å²) in [6.45, 7) is 7.05. The Morgan fingerprint density at radius 1 is 1.56 bits per heavy atom. The van der Waals surface area contributed by atoms with E-state index in [1.54, 1.807) is 0 Å². The molecule has 0 unspecified atom stereocenters. The van der Waals surface area contributed by atoms with Gasteiger partial charge in [-0.1, -0.05) is 13.8 Å². The molecular weight excluding hydrogens is 202 g/mol. The second-order valence-corrected chi connectivity index (χ2v) is 5.05. The van der Waals surface area contributed by atoms with Crippen molar-refractivity contribution in [1.29, 1.82) is 0 Å². The third-order valence-electron chi connectivity index (χ3n) is 3.13. The summed E-state index contributed by atoms with van der Waals surface area (Å²) in [5, 5.41) is 14.0. The number of β-amino-alcohol motifs (C(OH)–C–C–N with tert-alkyl or cyclic N) is 1. The number of hydrogen-bond acceptors (Lipinski definition) is 3. The molecule has 2 heterocycles. The van der Waals surface area contributed by atoms with Crippen LogP contribution in [0.3, 0.4) is 0 Å². The maximum atomic E-state index is 9.50. The zero-order valence-electron chi connectivity index (χ0n) is 10.3. The van der Waals surface area contributed by atoms with Crippen LogP contribution in [0.25, 0.3) is 0 Å². The van der Waals surface area contributed by atoms with Crippen LogP contribution < -0.4 is 0 Å². The minimum Gasteiger partial charge on any atom is -0.392 e. The van der Waals surface area contributed by atoms with E-state index in [0.29, 0.717) is 5.92 Å². The van der Waals surface area contributed by atoms with Gasteiger partial charge in [-0.25, -0.2) is 0 Å². The Morgan fingerprint density at radius 3 is 2.88 bits per heavy atom. The molecule has 2 rings (SSSR count). The molecular formula is C12H21N3O. The van der Waals surface area contributed by atoms with Crippen LogP contribution in [0.5, 0.6) is 0 Å². The highest BCUT2D eigenvalue weighted by molar-refractivity contribution is 5.20. The maximum absolute atomic E-state index is 9.50. The number of hydrogen-bond donors (Lipinski definition) is 1. The molecule has 1 aromatic rings. The van der Waals surface area contributed by atoms with Crippen LogP contribution in [0.15, 0.2) is 6.20 Å². The van der Waals surface area contributed by atoms with Gasteiger partial charge in [-0.05, 0) is 12.3 Å². The molecule has 1 aliphatic rings. The van der Waals surface area contributed by atoms with Gasteiger partial charge in [0.2, 0.25) is 0 Å². The van der Waals surface area contributed by atoms with Crippen LogP contribution >= 0.6 is 0 Å². The number of likely N-dealkylation sites (tertiary alicyclic amines) is 1. The van der Waals surface area contributed by atoms with Gasteiger partial charge in [-0.3, -0.25) is 9.58 Å². The van der Waals surface area contributed by atoms with Crippen molar-refractivity contribution in [3.05, 3.63) is 17.5 Å². The molecule has 1 atom stereocenters. The van der Waals surface area contributed by atoms with E-state index in [1.807, 2.05) is 11.7 Å². The molecule has 0 amide bonds. The van der Waals surface area contributed by atoms with Crippen LogP contribution in [-0.2, 0) is 13.6 Å². The first-order chi connectivity index (χ1) is 7.56. The Morgan fingerprint density at radius 2 is 2.31 bits per heavy atom. The lowest BCUT2D eigenvalue weighted by atomic mass is 10.1. The summed E-state index contributed by atoms with van der Waals surface area (Å²) in [4.78, 5) is 2.30. The topological polar surface area (TPSA) is 41.3 Å². The number of nitrogens with zero attached hydrogens (tertiary/aromatic N) is 3. The summed E-state index contributed by atoms with van der Waals surface area (Å²) in [5.74, 6) is 0.462. The fourth-order valence-electron chi connectivity index (χ4n) is 2.36. The molecule has 16 heavy (non-hydrogen) atoms. The van der Waals surface area contributed by atoms with E-state index in [1.165, 1.54) is 11.3 Å². The Balaban J connectivity index is 2.08. The molecule has 1 fully saturated rings. The van der Waals surface area contributed by atoms with Crippen molar-refractivity contribution in [3.63, 3.8) is 0 Å². The number of aliphatic hydroxyl groups is 1. The van der Waals surface area contributed by atoms with Crippen molar-refractivity contribution in [2.75, 3.05) is 13.1 Å². The van der Waals surface area contributed by atoms with Gasteiger partial charge in [-0.15, -0.1) is 0 Å². The molecule has 1 saturated heterocycles. The predicted molar refractivity (Wildman–Crippen MR) is 63.2 cm³/mol. The number of aryl methyl sites for hydroxylation is 1. The smallest absolute Gasteiger partial charge is 0.0694 e. The molecule has 1 aliphatic heterocycles. The van der Waals surface area contributed by atoms with Gasteiger partial charge in [0.05, 0.1) is 11.8 Å². The zero-order valence-corrected chi connectivity index (χ0v) is 10.3. The van der Waals surface area contributed by atoms with Gasteiger partial charge in [0, 0.05) is 38.4 Å². The molecule has 0 aliphatic carbocycles. The number of aromatic nitrogens is 2. The van der Waals surface area contributed by atoms with Crippen LogP contribution in [0.2, 0.25) is 0 Å². The fourth-order valence-corrected chi connectivity index (χ4v) is 2.36. The summed E-state index contributed by atoms with van der Waals surface area (Å²) in [5.41, 5.74) is 2.48. The zero-order chi connectivity index (χ0) is 11.7. The van der Waals surface area contributed by atoms with Gasteiger partial charge < -0.3 is 5.11 Å². The quantitative estimate of drug-likeness (QED) is 0.834. The normalized spacial score (nSPS) is 22.2. The molecule has 0 saturated carbocycles. The van der Waals surface area contributed by atoms with Crippen molar-refractivity contribution < 1.29 is 5.11 Å². The average molecular weight is 223 g/mol. The van der Waals surface area contributed by atoms with Crippen molar-refractivity contribution in [3.8, 4) is 0 Å². The summed E-state index contributed by atoms with van der Waals surface area (Å²) in [6, 6.07) is 0. The molecule has 0 spiro atoms. The van der Waals surface area contributed by atoms with Crippen molar-refractivity contribution in [2.45, 2.75) is 38.8 Å². The van der Waals surface area contributed by atoms with E-state index in [9.17, 15) is 5.11 Å². The number of rotatable bonds is 3. The summed E-state index contributed by atoms with van der Waals surface area (Å²) < 4.78 is 1.89. The molecule has 1 N–H and O–H groups in total. The van der Waals surface area contributed by atoms with Crippen LogP contribution in [0.1, 0.15) is 37.4 Å². The summed E-state index contributed by atoms with van der Waals surface area (Å²) in [6.07, 6.45) is 2.86. The van der Waals surface area contributed by atoms with E-state index >= 15 is 0 Å². The van der Waals surface area contributed by atoms with Gasteiger partial charge in [0.25, 0.3) is 0 Å². The van der Waals surface area contributed by atoms with E-state index in [-0.39, 0.29) is 6.10 Å². The van der Waals surface area contributed by atoms with E-state index in [4.69, 9.17) is 0 Å². The summed E-state index contributed by atoms with van der Waals surface area (Å²) >= 11 is 0. The lowest BCUT2D eigenvalue weighted by Crippen LogP contribution is -2.22. The van der Waals surface area contributed by atoms with Crippen LogP contribution in [0, 0.1) is 0 Å². The molecule has 0 radical (unpaired) electrons. The standard InChI is InChI=1S/C12H21N3O/c1-9(2)12-10(6-14(3)13-12)7-15-5-4-11(16)8-15/h6,9,11,16H,4-5,7-8H2,1-3H3/t11-/m1/s1. The van der Waals surface area contributed by atoms with Crippen molar-refractivity contribution in [2.24, 2.45) is 7.05 Å². The lowest BCUT2D eigenvalue weighted by molar-refractivity contribution is 0.174. The van der Waals surface area contributed by atoms with Gasteiger partial charge in [0.15, 0.2) is 0 Å². The molecule has 4 nitrogen and oxygen atoms in total. The Kier molecular flexibility index (Phi) is 3.30. The average Bonchev–Trinajstić information content (AvgIpc) is 2.74. The van der Waals surface area contributed by atoms with Crippen molar-refractivity contribution in [1.82, 2.24) is 14.7 Å². The number of aliphatic hydroxyl groups excluding tert-OH is 1. The molecule has 1 aromatic heterocycles. The molecule has 4 heteroatoms. The first-order valence-electron chi connectivity index (χ1n) is 5.99. The summed E-state index contributed by atoms with van der Waals surface area (Å²) in [7, 11) is 1.97. The monoisotopic (exact) mass is 223 g/mol. The first-order valence-corrected chi connectivity index (χ1v) is 5.99. The highest BCUT2D eigenvalue weighted by Crippen LogP contribution is 2.20. The highest BCUT2D eigenvalue weighted by Gasteiger charge is 2.22. The predicted octanol–water partition coefficient (Wildman–Crippen LogP) is 1.11. The SMILES string of the molecule is CC(C)c1nn(C)cc1CN1CC[C@@H](O)C1. The molecule has 0 bridgehead atoms. The Bertz CT molecular complexity index is 359. The molecule has 0 aromatic carbocycles. The van der Waals surface area contributed by atoms with Gasteiger partial charge in [0.1, 0.15) is 0 Å². The minimum absolute atomic E-state index is 0.140.